The summed E-state index contributed by atoms with van der Waals surface area (Å²) in [7, 11) is 1.67. The Morgan fingerprint density at radius 1 is 1.16 bits per heavy atom. The van der Waals surface area contributed by atoms with Crippen LogP contribution in [0.4, 0.5) is 5.82 Å². The van der Waals surface area contributed by atoms with E-state index < -0.39 is 0 Å². The van der Waals surface area contributed by atoms with Gasteiger partial charge in [0.1, 0.15) is 11.6 Å². The summed E-state index contributed by atoms with van der Waals surface area (Å²) in [5.41, 5.74) is 3.96. The lowest BCUT2D eigenvalue weighted by Crippen LogP contribution is -2.40. The number of carbonyl (C=O) groups excluding carboxylic acids is 1. The van der Waals surface area contributed by atoms with E-state index in [4.69, 9.17) is 19.2 Å². The van der Waals surface area contributed by atoms with E-state index in [-0.39, 0.29) is 12.0 Å². The van der Waals surface area contributed by atoms with Crippen LogP contribution in [0.1, 0.15) is 36.2 Å². The number of pyridine rings is 1. The molecule has 1 amide bonds. The molecular weight excluding hydrogens is 470 g/mol. The van der Waals surface area contributed by atoms with Crippen LogP contribution < -0.4 is 9.64 Å². The van der Waals surface area contributed by atoms with Gasteiger partial charge in [0.2, 0.25) is 5.91 Å². The second-order valence-corrected chi connectivity index (χ2v) is 9.94. The SMILES string of the molecule is COc1ccc2cc(CN(C[C@H]3CCCO3)C(=O)CCn3nc(C)cc3C)c(N3CCOCC3)nc2c1. The van der Waals surface area contributed by atoms with Gasteiger partial charge in [-0.05, 0) is 51.0 Å². The van der Waals surface area contributed by atoms with Gasteiger partial charge in [-0.25, -0.2) is 4.98 Å². The Balaban J connectivity index is 1.44. The molecule has 0 aliphatic carbocycles. The molecule has 9 heteroatoms. The van der Waals surface area contributed by atoms with E-state index in [1.807, 2.05) is 47.7 Å². The normalized spacial score (nSPS) is 17.9. The van der Waals surface area contributed by atoms with E-state index in [1.54, 1.807) is 7.11 Å². The second kappa shape index (κ2) is 11.5. The van der Waals surface area contributed by atoms with Crippen LogP contribution in [0.2, 0.25) is 0 Å². The molecule has 3 aromatic rings. The zero-order valence-corrected chi connectivity index (χ0v) is 22.1. The van der Waals surface area contributed by atoms with Crippen molar-refractivity contribution in [2.24, 2.45) is 0 Å². The van der Waals surface area contributed by atoms with Crippen molar-refractivity contribution in [3.63, 3.8) is 0 Å². The largest absolute Gasteiger partial charge is 0.497 e. The van der Waals surface area contributed by atoms with Crippen LogP contribution >= 0.6 is 0 Å². The van der Waals surface area contributed by atoms with Gasteiger partial charge in [0, 0.05) is 68.5 Å². The highest BCUT2D eigenvalue weighted by Gasteiger charge is 2.26. The molecule has 9 nitrogen and oxygen atoms in total. The molecule has 5 rings (SSSR count). The number of ether oxygens (including phenoxy) is 3. The van der Waals surface area contributed by atoms with Crippen LogP contribution in [0.25, 0.3) is 10.9 Å². The summed E-state index contributed by atoms with van der Waals surface area (Å²) in [5.74, 6) is 1.79. The molecule has 0 saturated carbocycles. The number of amides is 1. The lowest BCUT2D eigenvalue weighted by Gasteiger charge is -2.32. The topological polar surface area (TPSA) is 82.0 Å². The zero-order valence-electron chi connectivity index (χ0n) is 22.1. The van der Waals surface area contributed by atoms with E-state index in [9.17, 15) is 4.79 Å². The molecule has 1 atom stereocenters. The Morgan fingerprint density at radius 3 is 2.70 bits per heavy atom. The number of aromatic nitrogens is 3. The molecule has 0 bridgehead atoms. The number of carbonyl (C=O) groups is 1. The maximum atomic E-state index is 13.6. The van der Waals surface area contributed by atoms with E-state index >= 15 is 0 Å². The zero-order chi connectivity index (χ0) is 25.8. The molecule has 2 aliphatic heterocycles. The van der Waals surface area contributed by atoms with Crippen molar-refractivity contribution < 1.29 is 19.0 Å². The predicted octanol–water partition coefficient (Wildman–Crippen LogP) is 3.49. The maximum Gasteiger partial charge on any atom is 0.224 e. The molecule has 2 fully saturated rings. The highest BCUT2D eigenvalue weighted by Crippen LogP contribution is 2.29. The summed E-state index contributed by atoms with van der Waals surface area (Å²) < 4.78 is 18.9. The number of rotatable bonds is 9. The number of methoxy groups -OCH3 is 1. The Hall–Kier alpha value is -3.17. The number of hydrogen-bond acceptors (Lipinski definition) is 7. The van der Waals surface area contributed by atoms with Gasteiger partial charge in [-0.15, -0.1) is 0 Å². The van der Waals surface area contributed by atoms with Crippen molar-refractivity contribution >= 4 is 22.6 Å². The predicted molar refractivity (Wildman–Crippen MR) is 142 cm³/mol. The van der Waals surface area contributed by atoms with Gasteiger partial charge in [0.05, 0.1) is 37.6 Å². The van der Waals surface area contributed by atoms with Gasteiger partial charge in [0.15, 0.2) is 0 Å². The molecule has 0 N–H and O–H groups in total. The number of morpholine rings is 1. The maximum absolute atomic E-state index is 13.6. The third kappa shape index (κ3) is 6.05. The molecule has 0 spiro atoms. The molecule has 2 aliphatic rings. The highest BCUT2D eigenvalue weighted by atomic mass is 16.5. The van der Waals surface area contributed by atoms with Crippen molar-refractivity contribution in [1.82, 2.24) is 19.7 Å². The number of aryl methyl sites for hydroxylation is 3. The minimum absolute atomic E-state index is 0.0714. The van der Waals surface area contributed by atoms with Gasteiger partial charge in [-0.3, -0.25) is 9.48 Å². The first-order valence-electron chi connectivity index (χ1n) is 13.2. The van der Waals surface area contributed by atoms with Crippen molar-refractivity contribution in [2.75, 3.05) is 51.5 Å². The van der Waals surface area contributed by atoms with E-state index in [0.29, 0.717) is 39.3 Å². The summed E-state index contributed by atoms with van der Waals surface area (Å²) in [6.07, 6.45) is 2.48. The first kappa shape index (κ1) is 25.5. The monoisotopic (exact) mass is 507 g/mol. The first-order chi connectivity index (χ1) is 18.0. The van der Waals surface area contributed by atoms with Crippen LogP contribution in [0.15, 0.2) is 30.3 Å². The van der Waals surface area contributed by atoms with Gasteiger partial charge < -0.3 is 24.0 Å². The lowest BCUT2D eigenvalue weighted by atomic mass is 10.1. The minimum Gasteiger partial charge on any atom is -0.497 e. The number of nitrogens with zero attached hydrogens (tertiary/aromatic N) is 5. The minimum atomic E-state index is 0.0714. The molecule has 0 radical (unpaired) electrons. The van der Waals surface area contributed by atoms with Crippen molar-refractivity contribution in [2.45, 2.75) is 52.3 Å². The molecular formula is C28H37N5O4. The van der Waals surface area contributed by atoms with Gasteiger partial charge >= 0.3 is 0 Å². The van der Waals surface area contributed by atoms with E-state index in [0.717, 1.165) is 72.0 Å². The van der Waals surface area contributed by atoms with Gasteiger partial charge in [-0.2, -0.15) is 5.10 Å². The van der Waals surface area contributed by atoms with Crippen LogP contribution in [0.5, 0.6) is 5.75 Å². The third-order valence-corrected chi connectivity index (χ3v) is 7.19. The second-order valence-electron chi connectivity index (χ2n) is 9.94. The fraction of sp³-hybridized carbons (Fsp3) is 0.536. The van der Waals surface area contributed by atoms with Crippen molar-refractivity contribution in [3.05, 3.63) is 47.3 Å². The molecule has 2 aromatic heterocycles. The number of fused-ring (bicyclic) bond motifs is 1. The Kier molecular flexibility index (Phi) is 7.90. The Bertz CT molecular complexity index is 1230. The van der Waals surface area contributed by atoms with Crippen molar-refractivity contribution in [1.29, 1.82) is 0 Å². The summed E-state index contributed by atoms with van der Waals surface area (Å²) in [6.45, 7) is 9.26. The lowest BCUT2D eigenvalue weighted by molar-refractivity contribution is -0.133. The average molecular weight is 508 g/mol. The van der Waals surface area contributed by atoms with E-state index in [1.165, 1.54) is 0 Å². The number of anilines is 1. The molecule has 1 aromatic carbocycles. The third-order valence-electron chi connectivity index (χ3n) is 7.19. The quantitative estimate of drug-likeness (QED) is 0.439. The van der Waals surface area contributed by atoms with Gasteiger partial charge in [-0.1, -0.05) is 0 Å². The summed E-state index contributed by atoms with van der Waals surface area (Å²) in [4.78, 5) is 22.9. The van der Waals surface area contributed by atoms with E-state index in [2.05, 4.69) is 16.1 Å². The molecule has 198 valence electrons. The summed E-state index contributed by atoms with van der Waals surface area (Å²) >= 11 is 0. The fourth-order valence-electron chi connectivity index (χ4n) is 5.23. The summed E-state index contributed by atoms with van der Waals surface area (Å²) in [5, 5.41) is 5.56. The standard InChI is InChI=1S/C28H37N5O4/c1-20-15-21(2)33(30-20)9-8-27(34)32(19-25-5-4-12-37-25)18-23-16-22-6-7-24(35-3)17-26(22)29-28(23)31-10-13-36-14-11-31/h6-7,15-17,25H,4-5,8-14,18-19H2,1-3H3/t25-/m1/s1. The summed E-state index contributed by atoms with van der Waals surface area (Å²) in [6, 6.07) is 10.2. The molecule has 0 unspecified atom stereocenters. The van der Waals surface area contributed by atoms with Crippen LogP contribution in [0, 0.1) is 13.8 Å². The van der Waals surface area contributed by atoms with Crippen LogP contribution in [-0.2, 0) is 27.4 Å². The first-order valence-corrected chi connectivity index (χ1v) is 13.2. The average Bonchev–Trinajstić information content (AvgIpc) is 3.55. The fourth-order valence-corrected chi connectivity index (χ4v) is 5.23. The Morgan fingerprint density at radius 2 is 2.00 bits per heavy atom. The molecule has 4 heterocycles. The van der Waals surface area contributed by atoms with Gasteiger partial charge in [0.25, 0.3) is 0 Å². The molecule has 37 heavy (non-hydrogen) atoms. The number of hydrogen-bond donors (Lipinski definition) is 0. The smallest absolute Gasteiger partial charge is 0.224 e. The highest BCUT2D eigenvalue weighted by molar-refractivity contribution is 5.84. The van der Waals surface area contributed by atoms with Crippen molar-refractivity contribution in [3.8, 4) is 5.75 Å². The number of benzene rings is 1. The molecule has 2 saturated heterocycles. The van der Waals surface area contributed by atoms with Crippen LogP contribution in [0.3, 0.4) is 0 Å². The van der Waals surface area contributed by atoms with Crippen LogP contribution in [-0.4, -0.2) is 78.2 Å². The Labute approximate surface area is 218 Å².